The number of rotatable bonds is 11. The molecule has 1 aromatic heterocycles. The van der Waals surface area contributed by atoms with Gasteiger partial charge in [-0.3, -0.25) is 9.52 Å². The van der Waals surface area contributed by atoms with Gasteiger partial charge in [0, 0.05) is 23.7 Å². The first-order valence-corrected chi connectivity index (χ1v) is 14.1. The molecule has 3 N–H and O–H groups in total. The Labute approximate surface area is 231 Å². The molecule has 1 heterocycles. The SMILES string of the molecule is CNc1nc(-c2ccc(OC)c(NC(=O)COc3ccc(S(=O)(=O)Nc4ccc(OC)cc4)cc3C)c2)cs1. The van der Waals surface area contributed by atoms with Gasteiger partial charge in [0.15, 0.2) is 11.7 Å². The van der Waals surface area contributed by atoms with Gasteiger partial charge in [0.1, 0.15) is 17.2 Å². The lowest BCUT2D eigenvalue weighted by Crippen LogP contribution is -2.21. The summed E-state index contributed by atoms with van der Waals surface area (Å²) in [5, 5.41) is 8.52. The Morgan fingerprint density at radius 1 is 0.974 bits per heavy atom. The molecule has 1 amide bonds. The molecule has 10 nitrogen and oxygen atoms in total. The van der Waals surface area contributed by atoms with Gasteiger partial charge in [0.2, 0.25) is 0 Å². The van der Waals surface area contributed by atoms with Crippen LogP contribution in [0.4, 0.5) is 16.5 Å². The highest BCUT2D eigenvalue weighted by Gasteiger charge is 2.17. The van der Waals surface area contributed by atoms with E-state index in [1.165, 1.54) is 43.8 Å². The van der Waals surface area contributed by atoms with Crippen molar-refractivity contribution in [2.45, 2.75) is 11.8 Å². The third-order valence-electron chi connectivity index (χ3n) is 5.65. The number of ether oxygens (including phenoxy) is 3. The van der Waals surface area contributed by atoms with E-state index in [2.05, 4.69) is 20.3 Å². The summed E-state index contributed by atoms with van der Waals surface area (Å²) in [7, 11) is 1.03. The molecular weight excluding hydrogens is 540 g/mol. The maximum atomic E-state index is 12.8. The molecule has 3 aromatic carbocycles. The fraction of sp³-hybridized carbons (Fsp3) is 0.185. The first kappa shape index (κ1) is 27.7. The van der Waals surface area contributed by atoms with Crippen LogP contribution in [-0.2, 0) is 14.8 Å². The summed E-state index contributed by atoms with van der Waals surface area (Å²) < 4.78 is 44.4. The molecule has 0 radical (unpaired) electrons. The van der Waals surface area contributed by atoms with Crippen molar-refractivity contribution in [2.75, 3.05) is 43.2 Å². The van der Waals surface area contributed by atoms with Crippen molar-refractivity contribution in [3.05, 3.63) is 71.6 Å². The molecule has 0 aliphatic rings. The molecular formula is C27H28N4O6S2. The summed E-state index contributed by atoms with van der Waals surface area (Å²) in [4.78, 5) is 17.3. The van der Waals surface area contributed by atoms with E-state index in [4.69, 9.17) is 14.2 Å². The van der Waals surface area contributed by atoms with Crippen LogP contribution in [0.25, 0.3) is 11.3 Å². The van der Waals surface area contributed by atoms with Gasteiger partial charge in [-0.15, -0.1) is 11.3 Å². The van der Waals surface area contributed by atoms with Gasteiger partial charge in [0.05, 0.1) is 30.5 Å². The van der Waals surface area contributed by atoms with E-state index >= 15 is 0 Å². The van der Waals surface area contributed by atoms with E-state index in [9.17, 15) is 13.2 Å². The van der Waals surface area contributed by atoms with E-state index in [-0.39, 0.29) is 11.5 Å². The number of nitrogens with one attached hydrogen (secondary N) is 3. The largest absolute Gasteiger partial charge is 0.497 e. The molecule has 39 heavy (non-hydrogen) atoms. The van der Waals surface area contributed by atoms with E-state index < -0.39 is 15.9 Å². The van der Waals surface area contributed by atoms with Gasteiger partial charge >= 0.3 is 0 Å². The Kier molecular flexibility index (Phi) is 8.57. The van der Waals surface area contributed by atoms with Crippen LogP contribution in [0.5, 0.6) is 17.2 Å². The number of aryl methyl sites for hydroxylation is 1. The van der Waals surface area contributed by atoms with Crippen LogP contribution in [0.2, 0.25) is 0 Å². The Hall–Kier alpha value is -4.29. The normalized spacial score (nSPS) is 11.0. The first-order chi connectivity index (χ1) is 18.7. The third kappa shape index (κ3) is 6.78. The summed E-state index contributed by atoms with van der Waals surface area (Å²) in [6, 6.07) is 16.4. The van der Waals surface area contributed by atoms with Crippen LogP contribution in [0.3, 0.4) is 0 Å². The summed E-state index contributed by atoms with van der Waals surface area (Å²) in [5.41, 5.74) is 3.03. The Morgan fingerprint density at radius 2 is 1.72 bits per heavy atom. The number of thiazole rings is 1. The number of nitrogens with zero attached hydrogens (tertiary/aromatic N) is 1. The molecule has 0 atom stereocenters. The summed E-state index contributed by atoms with van der Waals surface area (Å²) in [5.74, 6) is 1.09. The van der Waals surface area contributed by atoms with Crippen molar-refractivity contribution < 1.29 is 27.4 Å². The Balaban J connectivity index is 1.41. The van der Waals surface area contributed by atoms with E-state index in [0.29, 0.717) is 34.2 Å². The molecule has 0 aliphatic carbocycles. The number of hydrogen-bond acceptors (Lipinski definition) is 9. The highest BCUT2D eigenvalue weighted by atomic mass is 32.2. The highest BCUT2D eigenvalue weighted by Crippen LogP contribution is 2.32. The topological polar surface area (TPSA) is 128 Å². The molecule has 4 aromatic rings. The van der Waals surface area contributed by atoms with E-state index in [1.807, 2.05) is 11.4 Å². The number of sulfonamides is 1. The Bertz CT molecular complexity index is 1570. The van der Waals surface area contributed by atoms with Gasteiger partial charge in [-0.25, -0.2) is 13.4 Å². The maximum absolute atomic E-state index is 12.8. The number of carbonyl (C=O) groups is 1. The predicted octanol–water partition coefficient (Wildman–Crippen LogP) is 5.00. The van der Waals surface area contributed by atoms with Gasteiger partial charge in [-0.05, 0) is 73.2 Å². The van der Waals surface area contributed by atoms with Crippen molar-refractivity contribution in [1.82, 2.24) is 4.98 Å². The van der Waals surface area contributed by atoms with E-state index in [1.54, 1.807) is 50.4 Å². The van der Waals surface area contributed by atoms with Crippen LogP contribution in [0.15, 0.2) is 70.9 Å². The van der Waals surface area contributed by atoms with Crippen LogP contribution in [0, 0.1) is 6.92 Å². The molecule has 0 fully saturated rings. The quantitative estimate of drug-likeness (QED) is 0.231. The molecule has 204 valence electrons. The standard InChI is InChI=1S/C27H28N4O6S2/c1-17-13-21(39(33,34)31-19-6-8-20(35-3)9-7-19)10-12-24(17)37-15-26(32)29-22-14-18(5-11-25(22)36-4)23-16-38-27(28-2)30-23/h5-14,16,31H,15H2,1-4H3,(H,28,30)(H,29,32). The number of benzene rings is 3. The molecule has 0 saturated carbocycles. The highest BCUT2D eigenvalue weighted by molar-refractivity contribution is 7.92. The second-order valence-electron chi connectivity index (χ2n) is 8.30. The lowest BCUT2D eigenvalue weighted by Gasteiger charge is -2.14. The third-order valence-corrected chi connectivity index (χ3v) is 7.88. The average molecular weight is 569 g/mol. The lowest BCUT2D eigenvalue weighted by molar-refractivity contribution is -0.118. The monoisotopic (exact) mass is 568 g/mol. The van der Waals surface area contributed by atoms with Crippen molar-refractivity contribution >= 4 is 43.8 Å². The number of methoxy groups -OCH3 is 2. The average Bonchev–Trinajstić information content (AvgIpc) is 3.42. The lowest BCUT2D eigenvalue weighted by atomic mass is 10.1. The van der Waals surface area contributed by atoms with Crippen molar-refractivity contribution in [3.8, 4) is 28.5 Å². The molecule has 12 heteroatoms. The number of carbonyl (C=O) groups excluding carboxylic acids is 1. The number of aromatic nitrogens is 1. The number of anilines is 3. The number of amides is 1. The maximum Gasteiger partial charge on any atom is 0.262 e. The molecule has 0 unspecified atom stereocenters. The van der Waals surface area contributed by atoms with Crippen LogP contribution < -0.4 is 29.6 Å². The van der Waals surface area contributed by atoms with Crippen molar-refractivity contribution in [1.29, 1.82) is 0 Å². The molecule has 0 saturated heterocycles. The van der Waals surface area contributed by atoms with Gasteiger partial charge < -0.3 is 24.8 Å². The predicted molar refractivity (Wildman–Crippen MR) is 153 cm³/mol. The summed E-state index contributed by atoms with van der Waals surface area (Å²) in [6.45, 7) is 1.42. The zero-order valence-electron chi connectivity index (χ0n) is 21.8. The zero-order valence-corrected chi connectivity index (χ0v) is 23.4. The molecule has 4 rings (SSSR count). The molecule has 0 spiro atoms. The fourth-order valence-corrected chi connectivity index (χ4v) is 5.46. The minimum absolute atomic E-state index is 0.0673. The van der Waals surface area contributed by atoms with E-state index in [0.717, 1.165) is 16.4 Å². The second-order valence-corrected chi connectivity index (χ2v) is 10.8. The minimum atomic E-state index is -3.83. The molecule has 0 aliphatic heterocycles. The van der Waals surface area contributed by atoms with Gasteiger partial charge in [0.25, 0.3) is 15.9 Å². The van der Waals surface area contributed by atoms with Crippen LogP contribution >= 0.6 is 11.3 Å². The summed E-state index contributed by atoms with van der Waals surface area (Å²) >= 11 is 1.48. The van der Waals surface area contributed by atoms with Gasteiger partial charge in [-0.2, -0.15) is 0 Å². The van der Waals surface area contributed by atoms with Crippen LogP contribution in [-0.4, -0.2) is 47.2 Å². The van der Waals surface area contributed by atoms with Crippen molar-refractivity contribution in [3.63, 3.8) is 0 Å². The fourth-order valence-electron chi connectivity index (χ4n) is 3.64. The van der Waals surface area contributed by atoms with Crippen molar-refractivity contribution in [2.24, 2.45) is 0 Å². The second kappa shape index (κ2) is 12.0. The first-order valence-electron chi connectivity index (χ1n) is 11.7. The number of hydrogen-bond donors (Lipinski definition) is 3. The zero-order chi connectivity index (χ0) is 28.0. The minimum Gasteiger partial charge on any atom is -0.497 e. The van der Waals surface area contributed by atoms with Gasteiger partial charge in [-0.1, -0.05) is 0 Å². The summed E-state index contributed by atoms with van der Waals surface area (Å²) in [6.07, 6.45) is 0. The van der Waals surface area contributed by atoms with Crippen LogP contribution in [0.1, 0.15) is 5.56 Å². The molecule has 0 bridgehead atoms. The Morgan fingerprint density at radius 3 is 2.36 bits per heavy atom. The smallest absolute Gasteiger partial charge is 0.262 e.